The zero-order valence-corrected chi connectivity index (χ0v) is 13.2. The van der Waals surface area contributed by atoms with Crippen LogP contribution in [0.25, 0.3) is 0 Å². The molecule has 1 unspecified atom stereocenters. The second-order valence-electron chi connectivity index (χ2n) is 7.23. The van der Waals surface area contributed by atoms with E-state index in [4.69, 9.17) is 4.74 Å². The Bertz CT molecular complexity index is 557. The fourth-order valence-electron chi connectivity index (χ4n) is 4.35. The molecule has 3 aliphatic rings. The van der Waals surface area contributed by atoms with Crippen molar-refractivity contribution in [2.45, 2.75) is 50.6 Å². The van der Waals surface area contributed by atoms with Gasteiger partial charge in [0.1, 0.15) is 5.75 Å². The summed E-state index contributed by atoms with van der Waals surface area (Å²) in [5, 5.41) is 3.70. The Morgan fingerprint density at radius 1 is 1.18 bits per heavy atom. The molecule has 1 aliphatic heterocycles. The lowest BCUT2D eigenvalue weighted by atomic mass is 9.54. The number of methoxy groups -OCH3 is 1. The normalized spacial score (nSPS) is 26.9. The summed E-state index contributed by atoms with van der Waals surface area (Å²) in [4.78, 5) is 14.2. The summed E-state index contributed by atoms with van der Waals surface area (Å²) in [7, 11) is 1.66. The van der Waals surface area contributed by atoms with E-state index in [-0.39, 0.29) is 5.91 Å². The molecule has 1 aromatic rings. The van der Waals surface area contributed by atoms with Crippen molar-refractivity contribution in [2.75, 3.05) is 18.6 Å². The van der Waals surface area contributed by atoms with E-state index in [1.807, 2.05) is 29.2 Å². The summed E-state index contributed by atoms with van der Waals surface area (Å²) in [5.74, 6) is 1.05. The lowest BCUT2D eigenvalue weighted by Gasteiger charge is -2.55. The average Bonchev–Trinajstić information content (AvgIpc) is 2.81. The fourth-order valence-corrected chi connectivity index (χ4v) is 4.35. The standard InChI is InChI=1S/C18H24N2O2/c1-22-16-5-3-15(4-6-16)20-12-13(9-17(20)21)19-14-10-18(11-14)7-2-8-18/h3-6,13-14,19H,2,7-12H2,1H3. The monoisotopic (exact) mass is 300 g/mol. The minimum atomic E-state index is 0.223. The van der Waals surface area contributed by atoms with Crippen LogP contribution in [-0.2, 0) is 4.79 Å². The van der Waals surface area contributed by atoms with Gasteiger partial charge in [0.05, 0.1) is 7.11 Å². The highest BCUT2D eigenvalue weighted by Gasteiger charge is 2.48. The first-order valence-electron chi connectivity index (χ1n) is 8.38. The van der Waals surface area contributed by atoms with Crippen molar-refractivity contribution in [2.24, 2.45) is 5.41 Å². The zero-order valence-electron chi connectivity index (χ0n) is 13.2. The molecule has 4 heteroatoms. The molecule has 22 heavy (non-hydrogen) atoms. The quantitative estimate of drug-likeness (QED) is 0.929. The molecule has 0 radical (unpaired) electrons. The van der Waals surface area contributed by atoms with Crippen LogP contribution in [0.1, 0.15) is 38.5 Å². The minimum absolute atomic E-state index is 0.223. The molecular formula is C18H24N2O2. The van der Waals surface area contributed by atoms with Crippen LogP contribution in [0.2, 0.25) is 0 Å². The third-order valence-electron chi connectivity index (χ3n) is 5.75. The van der Waals surface area contributed by atoms with Crippen molar-refractivity contribution in [1.82, 2.24) is 5.32 Å². The molecule has 118 valence electrons. The number of benzene rings is 1. The number of rotatable bonds is 4. The SMILES string of the molecule is COc1ccc(N2CC(NC3CC4(CCC4)C3)CC2=O)cc1. The van der Waals surface area contributed by atoms with Crippen LogP contribution >= 0.6 is 0 Å². The highest BCUT2D eigenvalue weighted by Crippen LogP contribution is 2.55. The van der Waals surface area contributed by atoms with Gasteiger partial charge in [-0.3, -0.25) is 4.79 Å². The number of hydrogen-bond acceptors (Lipinski definition) is 3. The van der Waals surface area contributed by atoms with Gasteiger partial charge in [0.25, 0.3) is 0 Å². The molecule has 1 amide bonds. The first-order chi connectivity index (χ1) is 10.7. The first-order valence-corrected chi connectivity index (χ1v) is 8.38. The van der Waals surface area contributed by atoms with Crippen molar-refractivity contribution < 1.29 is 9.53 Å². The van der Waals surface area contributed by atoms with Crippen molar-refractivity contribution in [3.05, 3.63) is 24.3 Å². The van der Waals surface area contributed by atoms with E-state index < -0.39 is 0 Å². The molecule has 2 saturated carbocycles. The number of amides is 1. The van der Waals surface area contributed by atoms with Crippen LogP contribution in [0.5, 0.6) is 5.75 Å². The maximum absolute atomic E-state index is 12.3. The van der Waals surface area contributed by atoms with Crippen LogP contribution in [0.4, 0.5) is 5.69 Å². The summed E-state index contributed by atoms with van der Waals surface area (Å²) in [6, 6.07) is 8.69. The molecule has 1 heterocycles. The number of carbonyl (C=O) groups excluding carboxylic acids is 1. The maximum Gasteiger partial charge on any atom is 0.228 e. The van der Waals surface area contributed by atoms with Crippen molar-refractivity contribution in [1.29, 1.82) is 0 Å². The topological polar surface area (TPSA) is 41.6 Å². The third kappa shape index (κ3) is 2.39. The molecule has 4 rings (SSSR count). The van der Waals surface area contributed by atoms with Gasteiger partial charge in [-0.1, -0.05) is 6.42 Å². The molecule has 1 spiro atoms. The van der Waals surface area contributed by atoms with Crippen molar-refractivity contribution in [3.63, 3.8) is 0 Å². The summed E-state index contributed by atoms with van der Waals surface area (Å²) in [6.07, 6.45) is 7.52. The van der Waals surface area contributed by atoms with Crippen LogP contribution in [0.15, 0.2) is 24.3 Å². The molecule has 2 aliphatic carbocycles. The Morgan fingerprint density at radius 3 is 2.50 bits per heavy atom. The minimum Gasteiger partial charge on any atom is -0.497 e. The third-order valence-corrected chi connectivity index (χ3v) is 5.75. The van der Waals surface area contributed by atoms with Gasteiger partial charge in [0.15, 0.2) is 0 Å². The number of nitrogens with zero attached hydrogens (tertiary/aromatic N) is 1. The smallest absolute Gasteiger partial charge is 0.228 e. The number of ether oxygens (including phenoxy) is 1. The predicted octanol–water partition coefficient (Wildman–Crippen LogP) is 2.72. The highest BCUT2D eigenvalue weighted by atomic mass is 16.5. The van der Waals surface area contributed by atoms with Gasteiger partial charge in [0.2, 0.25) is 5.91 Å². The molecule has 1 atom stereocenters. The van der Waals surface area contributed by atoms with Gasteiger partial charge in [-0.15, -0.1) is 0 Å². The second-order valence-corrected chi connectivity index (χ2v) is 7.23. The molecule has 4 nitrogen and oxygen atoms in total. The van der Waals surface area contributed by atoms with E-state index in [1.165, 1.54) is 32.1 Å². The Kier molecular flexibility index (Phi) is 3.37. The molecule has 3 fully saturated rings. The lowest BCUT2D eigenvalue weighted by molar-refractivity contribution is -0.117. The van der Waals surface area contributed by atoms with Gasteiger partial charge >= 0.3 is 0 Å². The summed E-state index contributed by atoms with van der Waals surface area (Å²) in [6.45, 7) is 0.786. The van der Waals surface area contributed by atoms with Gasteiger partial charge < -0.3 is 15.0 Å². The Hall–Kier alpha value is -1.55. The molecule has 1 N–H and O–H groups in total. The maximum atomic E-state index is 12.3. The molecule has 0 aromatic heterocycles. The van der Waals surface area contributed by atoms with E-state index in [0.717, 1.165) is 18.0 Å². The number of nitrogens with one attached hydrogen (secondary N) is 1. The van der Waals surface area contributed by atoms with E-state index >= 15 is 0 Å². The summed E-state index contributed by atoms with van der Waals surface area (Å²) in [5.41, 5.74) is 1.66. The van der Waals surface area contributed by atoms with Crippen LogP contribution in [0, 0.1) is 5.41 Å². The van der Waals surface area contributed by atoms with Crippen LogP contribution < -0.4 is 15.0 Å². The summed E-state index contributed by atoms with van der Waals surface area (Å²) < 4.78 is 5.17. The van der Waals surface area contributed by atoms with Gasteiger partial charge in [-0.05, 0) is 55.4 Å². The summed E-state index contributed by atoms with van der Waals surface area (Å²) >= 11 is 0. The molecule has 0 bridgehead atoms. The number of carbonyl (C=O) groups is 1. The van der Waals surface area contributed by atoms with Crippen molar-refractivity contribution in [3.8, 4) is 5.75 Å². The van der Waals surface area contributed by atoms with E-state index in [0.29, 0.717) is 23.9 Å². The Labute approximate surface area is 131 Å². The van der Waals surface area contributed by atoms with Crippen LogP contribution in [-0.4, -0.2) is 31.6 Å². The first kappa shape index (κ1) is 14.1. The van der Waals surface area contributed by atoms with E-state index in [1.54, 1.807) is 7.11 Å². The van der Waals surface area contributed by atoms with Crippen LogP contribution in [0.3, 0.4) is 0 Å². The predicted molar refractivity (Wildman–Crippen MR) is 86.2 cm³/mol. The van der Waals surface area contributed by atoms with E-state index in [9.17, 15) is 4.79 Å². The zero-order chi connectivity index (χ0) is 15.2. The Morgan fingerprint density at radius 2 is 1.91 bits per heavy atom. The highest BCUT2D eigenvalue weighted by molar-refractivity contribution is 5.96. The molecule has 1 aromatic carbocycles. The average molecular weight is 300 g/mol. The van der Waals surface area contributed by atoms with Gasteiger partial charge in [-0.25, -0.2) is 0 Å². The molecule has 1 saturated heterocycles. The van der Waals surface area contributed by atoms with Gasteiger partial charge in [0, 0.05) is 30.7 Å². The van der Waals surface area contributed by atoms with Crippen molar-refractivity contribution >= 4 is 11.6 Å². The second kappa shape index (κ2) is 5.27. The van der Waals surface area contributed by atoms with E-state index in [2.05, 4.69) is 5.32 Å². The molecular weight excluding hydrogens is 276 g/mol. The lowest BCUT2D eigenvalue weighted by Crippen LogP contribution is -2.55. The largest absolute Gasteiger partial charge is 0.497 e. The number of hydrogen-bond donors (Lipinski definition) is 1. The number of anilines is 1. The Balaban J connectivity index is 1.34. The van der Waals surface area contributed by atoms with Gasteiger partial charge in [-0.2, -0.15) is 0 Å². The fraction of sp³-hybridized carbons (Fsp3) is 0.611.